The number of anilines is 1. The maximum absolute atomic E-state index is 12.9. The summed E-state index contributed by atoms with van der Waals surface area (Å²) in [4.78, 5) is 28.2. The molecule has 27 heavy (non-hydrogen) atoms. The number of benzene rings is 1. The van der Waals surface area contributed by atoms with Crippen LogP contribution < -0.4 is 4.90 Å². The van der Waals surface area contributed by atoms with Crippen LogP contribution in [0.3, 0.4) is 0 Å². The van der Waals surface area contributed by atoms with E-state index >= 15 is 0 Å². The quantitative estimate of drug-likeness (QED) is 0.817. The molecule has 2 N–H and O–H groups in total. The van der Waals surface area contributed by atoms with Gasteiger partial charge in [0.15, 0.2) is 0 Å². The Morgan fingerprint density at radius 1 is 1.07 bits per heavy atom. The summed E-state index contributed by atoms with van der Waals surface area (Å²) >= 11 is 0. The standard InChI is InChI=1S/C19H23N3O5/c1-27-19(26)22-13-15-6-7-17(18(25)20(8-10-23)9-11-24)21(15)12-14-4-2-3-5-16(14)22/h2-7,23-24H,8-13H2,1H3. The Morgan fingerprint density at radius 2 is 1.78 bits per heavy atom. The number of nitrogens with zero attached hydrogens (tertiary/aromatic N) is 3. The number of carbonyl (C=O) groups excluding carboxylic acids is 2. The molecule has 1 aromatic heterocycles. The van der Waals surface area contributed by atoms with Crippen LogP contribution in [0.2, 0.25) is 0 Å². The van der Waals surface area contributed by atoms with E-state index in [1.165, 1.54) is 12.0 Å². The highest BCUT2D eigenvalue weighted by molar-refractivity contribution is 5.94. The first-order valence-electron chi connectivity index (χ1n) is 8.73. The predicted octanol–water partition coefficient (Wildman–Crippen LogP) is 1.05. The Hall–Kier alpha value is -2.84. The molecule has 0 unspecified atom stereocenters. The van der Waals surface area contributed by atoms with Gasteiger partial charge in [0.05, 0.1) is 39.1 Å². The summed E-state index contributed by atoms with van der Waals surface area (Å²) in [5, 5.41) is 18.4. The van der Waals surface area contributed by atoms with Gasteiger partial charge in [0.25, 0.3) is 5.91 Å². The molecule has 8 heteroatoms. The predicted molar refractivity (Wildman–Crippen MR) is 98.6 cm³/mol. The van der Waals surface area contributed by atoms with E-state index in [0.717, 1.165) is 16.9 Å². The lowest BCUT2D eigenvalue weighted by Crippen LogP contribution is -2.37. The number of hydrogen-bond donors (Lipinski definition) is 2. The Morgan fingerprint density at radius 3 is 2.44 bits per heavy atom. The van der Waals surface area contributed by atoms with Crippen molar-refractivity contribution in [1.82, 2.24) is 9.47 Å². The molecule has 2 amide bonds. The van der Waals surface area contributed by atoms with Gasteiger partial charge in [-0.2, -0.15) is 0 Å². The third-order valence-electron chi connectivity index (χ3n) is 4.64. The highest BCUT2D eigenvalue weighted by Crippen LogP contribution is 2.29. The SMILES string of the molecule is COC(=O)N1Cc2ccc(C(=O)N(CCO)CCO)n2Cc2ccccc21. The van der Waals surface area contributed by atoms with Gasteiger partial charge in [0.1, 0.15) is 5.69 Å². The van der Waals surface area contributed by atoms with Crippen LogP contribution in [0.5, 0.6) is 0 Å². The minimum Gasteiger partial charge on any atom is -0.452 e. The van der Waals surface area contributed by atoms with Crippen LogP contribution in [0.1, 0.15) is 21.7 Å². The van der Waals surface area contributed by atoms with Crippen molar-refractivity contribution in [3.8, 4) is 0 Å². The minimum atomic E-state index is -0.466. The topological polar surface area (TPSA) is 95.2 Å². The van der Waals surface area contributed by atoms with Gasteiger partial charge in [-0.3, -0.25) is 9.69 Å². The van der Waals surface area contributed by atoms with Crippen molar-refractivity contribution in [1.29, 1.82) is 0 Å². The molecule has 0 saturated heterocycles. The van der Waals surface area contributed by atoms with Gasteiger partial charge < -0.3 is 24.4 Å². The molecular formula is C19H23N3O5. The Kier molecular flexibility index (Phi) is 5.78. The summed E-state index contributed by atoms with van der Waals surface area (Å²) in [6.07, 6.45) is -0.466. The number of ether oxygens (including phenoxy) is 1. The first-order valence-corrected chi connectivity index (χ1v) is 8.73. The van der Waals surface area contributed by atoms with Crippen LogP contribution in [0.15, 0.2) is 36.4 Å². The van der Waals surface area contributed by atoms with Crippen molar-refractivity contribution in [2.75, 3.05) is 38.3 Å². The molecule has 2 aromatic rings. The van der Waals surface area contributed by atoms with Crippen molar-refractivity contribution in [2.24, 2.45) is 0 Å². The van der Waals surface area contributed by atoms with E-state index in [4.69, 9.17) is 4.74 Å². The number of aromatic nitrogens is 1. The van der Waals surface area contributed by atoms with E-state index in [1.54, 1.807) is 11.0 Å². The maximum Gasteiger partial charge on any atom is 0.414 e. The monoisotopic (exact) mass is 373 g/mol. The lowest BCUT2D eigenvalue weighted by Gasteiger charge is -2.22. The number of carbonyl (C=O) groups is 2. The number of para-hydroxylation sites is 1. The molecule has 144 valence electrons. The number of aliphatic hydroxyl groups is 2. The number of hydrogen-bond acceptors (Lipinski definition) is 5. The molecule has 1 aromatic carbocycles. The van der Waals surface area contributed by atoms with Gasteiger partial charge in [0, 0.05) is 18.8 Å². The van der Waals surface area contributed by atoms with E-state index in [-0.39, 0.29) is 38.8 Å². The summed E-state index contributed by atoms with van der Waals surface area (Å²) in [6, 6.07) is 11.0. The second-order valence-electron chi connectivity index (χ2n) is 6.22. The number of amides is 2. The fourth-order valence-corrected chi connectivity index (χ4v) is 3.34. The van der Waals surface area contributed by atoms with Crippen LogP contribution in [0, 0.1) is 0 Å². The Labute approximate surface area is 157 Å². The number of fused-ring (bicyclic) bond motifs is 2. The molecule has 1 aliphatic rings. The minimum absolute atomic E-state index is 0.144. The lowest BCUT2D eigenvalue weighted by atomic mass is 10.1. The summed E-state index contributed by atoms with van der Waals surface area (Å²) in [5.74, 6) is -0.270. The van der Waals surface area contributed by atoms with E-state index in [0.29, 0.717) is 12.2 Å². The average Bonchev–Trinajstić information content (AvgIpc) is 2.99. The van der Waals surface area contributed by atoms with Gasteiger partial charge in [0.2, 0.25) is 0 Å². The maximum atomic E-state index is 12.9. The van der Waals surface area contributed by atoms with Gasteiger partial charge in [-0.05, 0) is 23.8 Å². The fourth-order valence-electron chi connectivity index (χ4n) is 3.34. The largest absolute Gasteiger partial charge is 0.452 e. The summed E-state index contributed by atoms with van der Waals surface area (Å²) in [6.45, 7) is 0.627. The summed E-state index contributed by atoms with van der Waals surface area (Å²) in [5.41, 5.74) is 2.89. The Bertz CT molecular complexity index is 827. The zero-order valence-corrected chi connectivity index (χ0v) is 15.2. The van der Waals surface area contributed by atoms with Crippen molar-refractivity contribution >= 4 is 17.7 Å². The van der Waals surface area contributed by atoms with Crippen LogP contribution in [0.25, 0.3) is 0 Å². The smallest absolute Gasteiger partial charge is 0.414 e. The molecule has 8 nitrogen and oxygen atoms in total. The van der Waals surface area contributed by atoms with Gasteiger partial charge in [-0.1, -0.05) is 18.2 Å². The van der Waals surface area contributed by atoms with E-state index in [2.05, 4.69) is 0 Å². The molecular weight excluding hydrogens is 350 g/mol. The van der Waals surface area contributed by atoms with Crippen molar-refractivity contribution in [3.05, 3.63) is 53.3 Å². The van der Waals surface area contributed by atoms with Gasteiger partial charge in [-0.15, -0.1) is 0 Å². The molecule has 2 heterocycles. The normalized spacial score (nSPS) is 12.8. The molecule has 0 aliphatic carbocycles. The third kappa shape index (κ3) is 3.67. The van der Waals surface area contributed by atoms with Gasteiger partial charge in [-0.25, -0.2) is 4.79 Å². The fraction of sp³-hybridized carbons (Fsp3) is 0.368. The molecule has 0 saturated carbocycles. The molecule has 0 fully saturated rings. The zero-order valence-electron chi connectivity index (χ0n) is 15.2. The molecule has 3 rings (SSSR count). The summed E-state index contributed by atoms with van der Waals surface area (Å²) in [7, 11) is 1.34. The average molecular weight is 373 g/mol. The second-order valence-corrected chi connectivity index (χ2v) is 6.22. The molecule has 0 radical (unpaired) electrons. The molecule has 0 atom stereocenters. The lowest BCUT2D eigenvalue weighted by molar-refractivity contribution is 0.0674. The van der Waals surface area contributed by atoms with Crippen molar-refractivity contribution < 1.29 is 24.5 Å². The van der Waals surface area contributed by atoms with Crippen molar-refractivity contribution in [2.45, 2.75) is 13.1 Å². The zero-order chi connectivity index (χ0) is 19.4. The van der Waals surface area contributed by atoms with Gasteiger partial charge >= 0.3 is 6.09 Å². The third-order valence-corrected chi connectivity index (χ3v) is 4.64. The van der Waals surface area contributed by atoms with E-state index in [9.17, 15) is 19.8 Å². The first kappa shape index (κ1) is 18.9. The first-order chi connectivity index (χ1) is 13.1. The van der Waals surface area contributed by atoms with Crippen LogP contribution in [0.4, 0.5) is 10.5 Å². The molecule has 0 bridgehead atoms. The summed E-state index contributed by atoms with van der Waals surface area (Å²) < 4.78 is 6.79. The van der Waals surface area contributed by atoms with Crippen LogP contribution in [-0.4, -0.2) is 65.1 Å². The molecule has 1 aliphatic heterocycles. The number of aliphatic hydroxyl groups excluding tert-OH is 2. The van der Waals surface area contributed by atoms with E-state index < -0.39 is 6.09 Å². The van der Waals surface area contributed by atoms with Crippen LogP contribution in [-0.2, 0) is 17.8 Å². The number of rotatable bonds is 5. The highest BCUT2D eigenvalue weighted by atomic mass is 16.5. The second kappa shape index (κ2) is 8.24. The van der Waals surface area contributed by atoms with Crippen molar-refractivity contribution in [3.63, 3.8) is 0 Å². The number of methoxy groups -OCH3 is 1. The van der Waals surface area contributed by atoms with E-state index in [1.807, 2.05) is 34.9 Å². The Balaban J connectivity index is 2.01. The van der Waals surface area contributed by atoms with Crippen LogP contribution >= 0.6 is 0 Å². The highest BCUT2D eigenvalue weighted by Gasteiger charge is 2.28. The molecule has 0 spiro atoms.